The van der Waals surface area contributed by atoms with Gasteiger partial charge in [0.1, 0.15) is 5.82 Å². The molecule has 0 aliphatic heterocycles. The van der Waals surface area contributed by atoms with E-state index in [9.17, 15) is 24.1 Å². The minimum Gasteiger partial charge on any atom is -0.318 e. The number of nitrogens with zero attached hydrogens (tertiary/aromatic N) is 2. The SMILES string of the molecule is CC(=O)ON=C(C(=O)c1ccc(Sc2ccc([N+](=O)[O-])cc2)c(F)c1)c1ccccc1. The molecule has 31 heavy (non-hydrogen) atoms. The standard InChI is InChI=1S/C22H15FN2O5S/c1-14(26)30-24-21(15-5-3-2-4-6-15)22(27)16-7-12-20(19(23)13-16)31-18-10-8-17(9-11-18)25(28)29/h2-13H,1H3. The molecule has 0 amide bonds. The van der Waals surface area contributed by atoms with Crippen LogP contribution in [0, 0.1) is 15.9 Å². The number of hydrogen-bond acceptors (Lipinski definition) is 7. The molecule has 3 aromatic rings. The molecule has 3 aromatic carbocycles. The zero-order chi connectivity index (χ0) is 22.4. The molecule has 0 N–H and O–H groups in total. The van der Waals surface area contributed by atoms with Crippen molar-refractivity contribution in [2.45, 2.75) is 16.7 Å². The van der Waals surface area contributed by atoms with Gasteiger partial charge < -0.3 is 4.84 Å². The van der Waals surface area contributed by atoms with Crippen LogP contribution in [0.1, 0.15) is 22.8 Å². The summed E-state index contributed by atoms with van der Waals surface area (Å²) in [5.74, 6) is -1.95. The van der Waals surface area contributed by atoms with Crippen molar-refractivity contribution in [2.24, 2.45) is 5.16 Å². The Morgan fingerprint density at radius 3 is 2.26 bits per heavy atom. The molecule has 0 aliphatic carbocycles. The van der Waals surface area contributed by atoms with Crippen LogP contribution in [0.3, 0.4) is 0 Å². The maximum atomic E-state index is 14.7. The summed E-state index contributed by atoms with van der Waals surface area (Å²) in [5, 5.41) is 14.4. The number of benzene rings is 3. The zero-order valence-corrected chi connectivity index (χ0v) is 17.0. The second kappa shape index (κ2) is 9.77. The highest BCUT2D eigenvalue weighted by atomic mass is 32.2. The van der Waals surface area contributed by atoms with Crippen LogP contribution in [-0.4, -0.2) is 22.4 Å². The fourth-order valence-corrected chi connectivity index (χ4v) is 3.37. The van der Waals surface area contributed by atoms with Gasteiger partial charge in [-0.05, 0) is 30.3 Å². The van der Waals surface area contributed by atoms with Crippen LogP contribution >= 0.6 is 11.8 Å². The summed E-state index contributed by atoms with van der Waals surface area (Å²) in [7, 11) is 0. The Labute approximate surface area is 180 Å². The number of Topliss-reactive ketones (excluding diaryl/α,β-unsaturated/α-hetero) is 1. The first-order valence-corrected chi connectivity index (χ1v) is 9.74. The van der Waals surface area contributed by atoms with E-state index in [1.807, 2.05) is 0 Å². The monoisotopic (exact) mass is 438 g/mol. The maximum Gasteiger partial charge on any atom is 0.332 e. The second-order valence-electron chi connectivity index (χ2n) is 6.22. The fraction of sp³-hybridized carbons (Fsp3) is 0.0455. The van der Waals surface area contributed by atoms with Gasteiger partial charge in [0.05, 0.1) is 4.92 Å². The van der Waals surface area contributed by atoms with E-state index in [0.29, 0.717) is 10.5 Å². The van der Waals surface area contributed by atoms with Gasteiger partial charge >= 0.3 is 5.97 Å². The summed E-state index contributed by atoms with van der Waals surface area (Å²) in [5.41, 5.74) is 0.246. The van der Waals surface area contributed by atoms with Crippen molar-refractivity contribution in [2.75, 3.05) is 0 Å². The largest absolute Gasteiger partial charge is 0.332 e. The van der Waals surface area contributed by atoms with E-state index in [1.165, 1.54) is 36.4 Å². The summed E-state index contributed by atoms with van der Waals surface area (Å²) < 4.78 is 14.7. The predicted octanol–water partition coefficient (Wildman–Crippen LogP) is 5.04. The van der Waals surface area contributed by atoms with Gasteiger partial charge in [-0.1, -0.05) is 47.2 Å². The molecule has 0 aromatic heterocycles. The Morgan fingerprint density at radius 1 is 1.00 bits per heavy atom. The molecule has 0 saturated heterocycles. The van der Waals surface area contributed by atoms with Crippen LogP contribution in [0.25, 0.3) is 0 Å². The van der Waals surface area contributed by atoms with Gasteiger partial charge in [-0.25, -0.2) is 9.18 Å². The minimum absolute atomic E-state index is 0.0281. The molecule has 0 bridgehead atoms. The Kier molecular flexibility index (Phi) is 6.88. The Hall–Kier alpha value is -3.85. The van der Waals surface area contributed by atoms with Crippen molar-refractivity contribution in [3.05, 3.63) is 99.9 Å². The lowest BCUT2D eigenvalue weighted by molar-refractivity contribution is -0.384. The molecule has 0 atom stereocenters. The summed E-state index contributed by atoms with van der Waals surface area (Å²) in [4.78, 5) is 39.8. The van der Waals surface area contributed by atoms with Crippen molar-refractivity contribution in [3.63, 3.8) is 0 Å². The van der Waals surface area contributed by atoms with Gasteiger partial charge in [-0.15, -0.1) is 0 Å². The van der Waals surface area contributed by atoms with Gasteiger partial charge in [-0.3, -0.25) is 14.9 Å². The average molecular weight is 438 g/mol. The molecule has 0 saturated carbocycles. The van der Waals surface area contributed by atoms with Gasteiger partial charge in [0.25, 0.3) is 5.69 Å². The van der Waals surface area contributed by atoms with Crippen molar-refractivity contribution >= 4 is 34.9 Å². The van der Waals surface area contributed by atoms with E-state index in [1.54, 1.807) is 30.3 Å². The first kappa shape index (κ1) is 21.8. The molecule has 0 fully saturated rings. The lowest BCUT2D eigenvalue weighted by Gasteiger charge is -2.08. The number of hydrogen-bond donors (Lipinski definition) is 0. The number of non-ortho nitro benzene ring substituents is 1. The van der Waals surface area contributed by atoms with Gasteiger partial charge in [-0.2, -0.15) is 0 Å². The maximum absolute atomic E-state index is 14.7. The quantitative estimate of drug-likeness (QED) is 0.169. The molecule has 3 rings (SSSR count). The smallest absolute Gasteiger partial charge is 0.318 e. The van der Waals surface area contributed by atoms with Crippen LogP contribution < -0.4 is 0 Å². The van der Waals surface area contributed by atoms with Gasteiger partial charge in [0, 0.05) is 40.0 Å². The molecule has 7 nitrogen and oxygen atoms in total. The summed E-state index contributed by atoms with van der Waals surface area (Å²) in [6, 6.07) is 18.0. The van der Waals surface area contributed by atoms with Crippen LogP contribution in [-0.2, 0) is 9.63 Å². The van der Waals surface area contributed by atoms with E-state index in [2.05, 4.69) is 9.99 Å². The summed E-state index contributed by atoms with van der Waals surface area (Å²) >= 11 is 1.07. The van der Waals surface area contributed by atoms with Crippen LogP contribution in [0.4, 0.5) is 10.1 Å². The van der Waals surface area contributed by atoms with Gasteiger partial charge in [0.2, 0.25) is 5.78 Å². The number of oxime groups is 1. The molecular formula is C22H15FN2O5S. The van der Waals surface area contributed by atoms with E-state index >= 15 is 0 Å². The normalized spacial score (nSPS) is 11.1. The number of nitro benzene ring substituents is 1. The Morgan fingerprint density at radius 2 is 1.68 bits per heavy atom. The molecule has 0 heterocycles. The molecule has 0 unspecified atom stereocenters. The molecule has 156 valence electrons. The highest BCUT2D eigenvalue weighted by Crippen LogP contribution is 2.31. The highest BCUT2D eigenvalue weighted by Gasteiger charge is 2.19. The Bertz CT molecular complexity index is 1160. The second-order valence-corrected chi connectivity index (χ2v) is 7.33. The number of carbonyl (C=O) groups excluding carboxylic acids is 2. The third-order valence-corrected chi connectivity index (χ3v) is 5.06. The Balaban J connectivity index is 1.86. The third-order valence-electron chi connectivity index (χ3n) is 4.00. The third kappa shape index (κ3) is 5.61. The minimum atomic E-state index is -0.692. The van der Waals surface area contributed by atoms with Crippen molar-refractivity contribution in [3.8, 4) is 0 Å². The molecular weight excluding hydrogens is 423 g/mol. The van der Waals surface area contributed by atoms with E-state index in [4.69, 9.17) is 0 Å². The number of carbonyl (C=O) groups is 2. The van der Waals surface area contributed by atoms with Gasteiger partial charge in [0.15, 0.2) is 5.71 Å². The van der Waals surface area contributed by atoms with Crippen LogP contribution in [0.2, 0.25) is 0 Å². The lowest BCUT2D eigenvalue weighted by Crippen LogP contribution is -2.17. The summed E-state index contributed by atoms with van der Waals surface area (Å²) in [6.07, 6.45) is 0. The topological polar surface area (TPSA) is 98.9 Å². The first-order chi connectivity index (χ1) is 14.8. The number of rotatable bonds is 7. The van der Waals surface area contributed by atoms with E-state index < -0.39 is 22.5 Å². The number of ketones is 1. The molecule has 0 spiro atoms. The number of nitro groups is 1. The average Bonchev–Trinajstić information content (AvgIpc) is 2.76. The van der Waals surface area contributed by atoms with E-state index in [0.717, 1.165) is 24.8 Å². The molecule has 0 aliphatic rings. The van der Waals surface area contributed by atoms with Crippen LogP contribution in [0.15, 0.2) is 87.7 Å². The van der Waals surface area contributed by atoms with Crippen molar-refractivity contribution in [1.82, 2.24) is 0 Å². The first-order valence-electron chi connectivity index (χ1n) is 8.92. The van der Waals surface area contributed by atoms with E-state index in [-0.39, 0.29) is 21.9 Å². The zero-order valence-electron chi connectivity index (χ0n) is 16.2. The number of halogens is 1. The summed E-state index contributed by atoms with van der Waals surface area (Å²) in [6.45, 7) is 1.15. The molecule has 9 heteroatoms. The molecule has 0 radical (unpaired) electrons. The predicted molar refractivity (Wildman–Crippen MR) is 113 cm³/mol. The highest BCUT2D eigenvalue weighted by molar-refractivity contribution is 7.99. The lowest BCUT2D eigenvalue weighted by atomic mass is 10.0. The van der Waals surface area contributed by atoms with Crippen molar-refractivity contribution in [1.29, 1.82) is 0 Å². The van der Waals surface area contributed by atoms with Crippen LogP contribution in [0.5, 0.6) is 0 Å². The fourth-order valence-electron chi connectivity index (χ4n) is 2.56. The van der Waals surface area contributed by atoms with Crippen molar-refractivity contribution < 1.29 is 23.7 Å².